The fourth-order valence-electron chi connectivity index (χ4n) is 2.38. The minimum Gasteiger partial charge on any atom is -0.501 e. The Morgan fingerprint density at radius 1 is 1.36 bits per heavy atom. The first kappa shape index (κ1) is 16.9. The van der Waals surface area contributed by atoms with Gasteiger partial charge in [-0.25, -0.2) is 14.8 Å². The summed E-state index contributed by atoms with van der Waals surface area (Å²) in [6, 6.07) is 9.66. The Kier molecular flexibility index (Phi) is 5.25. The first-order chi connectivity index (χ1) is 12.2. The Labute approximate surface area is 148 Å². The second-order valence-corrected chi connectivity index (χ2v) is 6.08. The van der Waals surface area contributed by atoms with E-state index >= 15 is 0 Å². The highest BCUT2D eigenvalue weighted by molar-refractivity contribution is 7.16. The third-order valence-electron chi connectivity index (χ3n) is 3.47. The molecule has 2 aromatic heterocycles. The molecule has 7 heteroatoms. The number of benzene rings is 1. The summed E-state index contributed by atoms with van der Waals surface area (Å²) >= 11 is 1.55. The van der Waals surface area contributed by atoms with Crippen LogP contribution in [0.4, 0.5) is 4.79 Å². The van der Waals surface area contributed by atoms with Crippen LogP contribution in [0.3, 0.4) is 0 Å². The number of aromatic nitrogens is 2. The van der Waals surface area contributed by atoms with Crippen molar-refractivity contribution >= 4 is 33.7 Å². The monoisotopic (exact) mass is 355 g/mol. The van der Waals surface area contributed by atoms with E-state index in [0.29, 0.717) is 12.4 Å². The van der Waals surface area contributed by atoms with Gasteiger partial charge in [-0.2, -0.15) is 0 Å². The van der Waals surface area contributed by atoms with Gasteiger partial charge in [0.25, 0.3) is 0 Å². The number of hydrogen-bond donors (Lipinski definition) is 2. The number of amides is 1. The largest absolute Gasteiger partial charge is 0.501 e. The molecular formula is C18H17N3O3S. The maximum Gasteiger partial charge on any atom is 0.404 e. The average molecular weight is 355 g/mol. The van der Waals surface area contributed by atoms with Gasteiger partial charge in [0.2, 0.25) is 0 Å². The van der Waals surface area contributed by atoms with Crippen LogP contribution in [0.25, 0.3) is 27.6 Å². The lowest BCUT2D eigenvalue weighted by Gasteiger charge is -2.07. The summed E-state index contributed by atoms with van der Waals surface area (Å²) in [4.78, 5) is 20.8. The molecule has 25 heavy (non-hydrogen) atoms. The van der Waals surface area contributed by atoms with Crippen molar-refractivity contribution in [3.63, 3.8) is 0 Å². The molecule has 2 N–H and O–H groups in total. The van der Waals surface area contributed by atoms with Crippen molar-refractivity contribution in [2.45, 2.75) is 13.5 Å². The van der Waals surface area contributed by atoms with Gasteiger partial charge in [-0.05, 0) is 30.0 Å². The minimum atomic E-state index is -1.05. The zero-order valence-corrected chi connectivity index (χ0v) is 14.4. The molecule has 0 aliphatic rings. The van der Waals surface area contributed by atoms with Gasteiger partial charge >= 0.3 is 6.09 Å². The normalized spacial score (nSPS) is 11.1. The number of thiophene rings is 1. The number of nitrogens with one attached hydrogen (secondary N) is 1. The van der Waals surface area contributed by atoms with Crippen LogP contribution in [-0.4, -0.2) is 27.8 Å². The van der Waals surface area contributed by atoms with Gasteiger partial charge in [0.15, 0.2) is 5.82 Å². The SMILES string of the molecule is CCOC=Cc1nc(-c2cccc(CNC(=O)O)c2)c2ccsc2n1. The van der Waals surface area contributed by atoms with Gasteiger partial charge in [0, 0.05) is 23.6 Å². The van der Waals surface area contributed by atoms with Crippen LogP contribution in [0.2, 0.25) is 0 Å². The van der Waals surface area contributed by atoms with E-state index in [2.05, 4.69) is 15.3 Å². The molecule has 0 aliphatic heterocycles. The first-order valence-electron chi connectivity index (χ1n) is 7.77. The van der Waals surface area contributed by atoms with Crippen molar-refractivity contribution in [3.05, 3.63) is 53.4 Å². The fourth-order valence-corrected chi connectivity index (χ4v) is 3.15. The molecule has 0 atom stereocenters. The number of rotatable bonds is 6. The second kappa shape index (κ2) is 7.76. The highest BCUT2D eigenvalue weighted by atomic mass is 32.1. The van der Waals surface area contributed by atoms with Crippen LogP contribution >= 0.6 is 11.3 Å². The predicted molar refractivity (Wildman–Crippen MR) is 98.4 cm³/mol. The van der Waals surface area contributed by atoms with Gasteiger partial charge in [-0.15, -0.1) is 11.3 Å². The third-order valence-corrected chi connectivity index (χ3v) is 4.27. The molecule has 1 amide bonds. The maximum absolute atomic E-state index is 10.7. The number of ether oxygens (including phenoxy) is 1. The van der Waals surface area contributed by atoms with Crippen LogP contribution in [-0.2, 0) is 11.3 Å². The van der Waals surface area contributed by atoms with Gasteiger partial charge < -0.3 is 15.2 Å². The summed E-state index contributed by atoms with van der Waals surface area (Å²) < 4.78 is 5.23. The van der Waals surface area contributed by atoms with E-state index in [1.54, 1.807) is 23.7 Å². The highest BCUT2D eigenvalue weighted by Gasteiger charge is 2.10. The van der Waals surface area contributed by atoms with E-state index in [1.807, 2.05) is 42.6 Å². The quantitative estimate of drug-likeness (QED) is 0.649. The van der Waals surface area contributed by atoms with Gasteiger partial charge in [0.1, 0.15) is 4.83 Å². The lowest BCUT2D eigenvalue weighted by molar-refractivity contribution is 0.194. The standard InChI is InChI=1S/C18H17N3O3S/c1-2-24-8-6-15-20-16(14-7-9-25-17(14)21-15)13-5-3-4-12(10-13)11-19-18(22)23/h3-10,19H,2,11H2,1H3,(H,22,23). The number of fused-ring (bicyclic) bond motifs is 1. The Hall–Kier alpha value is -2.93. The molecule has 0 fully saturated rings. The smallest absolute Gasteiger partial charge is 0.404 e. The van der Waals surface area contributed by atoms with Gasteiger partial charge in [-0.1, -0.05) is 18.2 Å². The zero-order valence-electron chi connectivity index (χ0n) is 13.6. The van der Waals surface area contributed by atoms with Crippen LogP contribution < -0.4 is 5.32 Å². The summed E-state index contributed by atoms with van der Waals surface area (Å²) in [5.74, 6) is 0.576. The zero-order chi connectivity index (χ0) is 17.6. The number of carbonyl (C=O) groups is 1. The summed E-state index contributed by atoms with van der Waals surface area (Å²) in [7, 11) is 0. The maximum atomic E-state index is 10.7. The molecule has 0 radical (unpaired) electrons. The topological polar surface area (TPSA) is 84.3 Å². The molecule has 2 heterocycles. The summed E-state index contributed by atoms with van der Waals surface area (Å²) in [5, 5.41) is 14.1. The van der Waals surface area contributed by atoms with Crippen LogP contribution in [0, 0.1) is 0 Å². The molecule has 0 spiro atoms. The molecule has 3 rings (SSSR count). The third kappa shape index (κ3) is 4.13. The molecule has 0 unspecified atom stereocenters. The summed E-state index contributed by atoms with van der Waals surface area (Å²) in [6.45, 7) is 2.75. The van der Waals surface area contributed by atoms with E-state index in [-0.39, 0.29) is 6.54 Å². The minimum absolute atomic E-state index is 0.248. The molecule has 0 aliphatic carbocycles. The highest BCUT2D eigenvalue weighted by Crippen LogP contribution is 2.30. The molecule has 0 bridgehead atoms. The van der Waals surface area contributed by atoms with Crippen LogP contribution in [0.5, 0.6) is 0 Å². The average Bonchev–Trinajstić information content (AvgIpc) is 3.08. The van der Waals surface area contributed by atoms with Gasteiger partial charge in [-0.3, -0.25) is 0 Å². The molecule has 6 nitrogen and oxygen atoms in total. The summed E-state index contributed by atoms with van der Waals surface area (Å²) in [6.07, 6.45) is 2.28. The van der Waals surface area contributed by atoms with Gasteiger partial charge in [0.05, 0.1) is 18.6 Å². The van der Waals surface area contributed by atoms with Crippen molar-refractivity contribution in [2.75, 3.05) is 6.61 Å². The number of nitrogens with zero attached hydrogens (tertiary/aromatic N) is 2. The lowest BCUT2D eigenvalue weighted by Crippen LogP contribution is -2.19. The van der Waals surface area contributed by atoms with E-state index in [0.717, 1.165) is 27.0 Å². The predicted octanol–water partition coefficient (Wildman–Crippen LogP) is 4.13. The van der Waals surface area contributed by atoms with Crippen molar-refractivity contribution in [2.24, 2.45) is 0 Å². The Morgan fingerprint density at radius 2 is 2.24 bits per heavy atom. The van der Waals surface area contributed by atoms with E-state index in [1.165, 1.54) is 0 Å². The fraction of sp³-hybridized carbons (Fsp3) is 0.167. The Bertz CT molecular complexity index is 921. The molecule has 1 aromatic carbocycles. The van der Waals surface area contributed by atoms with Crippen LogP contribution in [0.1, 0.15) is 18.3 Å². The van der Waals surface area contributed by atoms with E-state index < -0.39 is 6.09 Å². The summed E-state index contributed by atoms with van der Waals surface area (Å²) in [5.41, 5.74) is 2.61. The molecule has 128 valence electrons. The number of carboxylic acid groups (broad SMARTS) is 1. The van der Waals surface area contributed by atoms with Crippen molar-refractivity contribution in [1.29, 1.82) is 0 Å². The molecule has 0 saturated carbocycles. The second-order valence-electron chi connectivity index (χ2n) is 5.19. The van der Waals surface area contributed by atoms with E-state index in [4.69, 9.17) is 9.84 Å². The number of hydrogen-bond acceptors (Lipinski definition) is 5. The molecule has 3 aromatic rings. The van der Waals surface area contributed by atoms with Crippen molar-refractivity contribution in [1.82, 2.24) is 15.3 Å². The Morgan fingerprint density at radius 3 is 3.04 bits per heavy atom. The first-order valence-corrected chi connectivity index (χ1v) is 8.65. The lowest BCUT2D eigenvalue weighted by atomic mass is 10.1. The Balaban J connectivity index is 2.00. The van der Waals surface area contributed by atoms with Crippen molar-refractivity contribution < 1.29 is 14.6 Å². The van der Waals surface area contributed by atoms with E-state index in [9.17, 15) is 4.79 Å². The van der Waals surface area contributed by atoms with Crippen molar-refractivity contribution in [3.8, 4) is 11.3 Å². The molecular weight excluding hydrogens is 338 g/mol. The van der Waals surface area contributed by atoms with Crippen LogP contribution in [0.15, 0.2) is 42.0 Å². The molecule has 0 saturated heterocycles.